The molecule has 3 aliphatic heterocycles. The molecule has 2 unspecified atom stereocenters. The van der Waals surface area contributed by atoms with Crippen molar-refractivity contribution in [1.29, 1.82) is 0 Å². The number of hydrogen-bond donors (Lipinski definition) is 1. The maximum absolute atomic E-state index is 13.1. The van der Waals surface area contributed by atoms with Gasteiger partial charge in [0.25, 0.3) is 0 Å². The average molecular weight is 311 g/mol. The quantitative estimate of drug-likeness (QED) is 0.763. The van der Waals surface area contributed by atoms with Crippen molar-refractivity contribution in [2.45, 2.75) is 44.2 Å². The highest BCUT2D eigenvalue weighted by atomic mass is 32.1. The van der Waals surface area contributed by atoms with Gasteiger partial charge in [0.15, 0.2) is 0 Å². The molecule has 1 amide bonds. The third-order valence-electron chi connectivity index (χ3n) is 5.66. The lowest BCUT2D eigenvalue weighted by Gasteiger charge is -2.39. The van der Waals surface area contributed by atoms with Crippen molar-refractivity contribution >= 4 is 23.1 Å². The Morgan fingerprint density at radius 2 is 1.90 bits per heavy atom. The van der Waals surface area contributed by atoms with Gasteiger partial charge in [-0.05, 0) is 39.2 Å². The first-order chi connectivity index (χ1) is 10.0. The Morgan fingerprint density at radius 1 is 1.24 bits per heavy atom. The van der Waals surface area contributed by atoms with Crippen molar-refractivity contribution in [3.63, 3.8) is 0 Å². The van der Waals surface area contributed by atoms with E-state index in [1.807, 2.05) is 4.90 Å². The van der Waals surface area contributed by atoms with Gasteiger partial charge in [-0.15, -0.1) is 0 Å². The van der Waals surface area contributed by atoms with Gasteiger partial charge in [0.1, 0.15) is 5.41 Å². The normalized spacial score (nSPS) is 32.7. The fourth-order valence-corrected chi connectivity index (χ4v) is 4.37. The van der Waals surface area contributed by atoms with Gasteiger partial charge in [-0.25, -0.2) is 0 Å². The number of likely N-dealkylation sites (tertiary alicyclic amines) is 1. The topological polar surface area (TPSA) is 58.8 Å². The number of ether oxygens (including phenoxy) is 1. The third-order valence-corrected chi connectivity index (χ3v) is 6.05. The molecule has 3 aliphatic rings. The molecule has 2 atom stereocenters. The summed E-state index contributed by atoms with van der Waals surface area (Å²) in [6, 6.07) is 1.12. The van der Waals surface area contributed by atoms with Gasteiger partial charge in [-0.1, -0.05) is 12.2 Å². The molecule has 0 saturated carbocycles. The predicted octanol–water partition coefficient (Wildman–Crippen LogP) is 0.764. The van der Waals surface area contributed by atoms with Gasteiger partial charge < -0.3 is 15.4 Å². The molecule has 0 aliphatic carbocycles. The van der Waals surface area contributed by atoms with E-state index in [1.54, 1.807) is 0 Å². The highest BCUT2D eigenvalue weighted by Crippen LogP contribution is 2.36. The largest absolute Gasteiger partial charge is 0.392 e. The van der Waals surface area contributed by atoms with Crippen molar-refractivity contribution in [3.05, 3.63) is 0 Å². The second kappa shape index (κ2) is 5.82. The number of fused-ring (bicyclic) bond motifs is 2. The van der Waals surface area contributed by atoms with Crippen LogP contribution in [0.1, 0.15) is 32.1 Å². The molecule has 3 heterocycles. The van der Waals surface area contributed by atoms with E-state index in [4.69, 9.17) is 22.7 Å². The molecule has 0 spiro atoms. The minimum Gasteiger partial charge on any atom is -0.392 e. The monoisotopic (exact) mass is 311 g/mol. The lowest BCUT2D eigenvalue weighted by atomic mass is 9.78. The summed E-state index contributed by atoms with van der Waals surface area (Å²) in [5, 5.41) is 0. The zero-order valence-corrected chi connectivity index (χ0v) is 13.5. The average Bonchev–Trinajstić information content (AvgIpc) is 2.72. The number of hydrogen-bond acceptors (Lipinski definition) is 4. The maximum atomic E-state index is 13.1. The molecule has 2 N–H and O–H groups in total. The van der Waals surface area contributed by atoms with E-state index in [2.05, 4.69) is 11.9 Å². The number of likely N-dealkylation sites (N-methyl/N-ethyl adjacent to an activating group) is 1. The molecule has 0 aromatic rings. The molecule has 0 radical (unpaired) electrons. The number of rotatable bonds is 2. The molecule has 3 saturated heterocycles. The van der Waals surface area contributed by atoms with Crippen LogP contribution >= 0.6 is 12.2 Å². The molecule has 3 rings (SSSR count). The number of carbonyl (C=O) groups is 1. The first-order valence-electron chi connectivity index (χ1n) is 7.93. The number of nitrogens with zero attached hydrogens (tertiary/aromatic N) is 2. The number of nitrogens with two attached hydrogens (primary N) is 1. The van der Waals surface area contributed by atoms with Crippen LogP contribution in [-0.4, -0.2) is 66.1 Å². The predicted molar refractivity (Wildman–Crippen MR) is 85.0 cm³/mol. The lowest BCUT2D eigenvalue weighted by molar-refractivity contribution is -0.142. The van der Waals surface area contributed by atoms with Crippen LogP contribution in [0.15, 0.2) is 0 Å². The first kappa shape index (κ1) is 15.2. The highest BCUT2D eigenvalue weighted by Gasteiger charge is 2.47. The smallest absolute Gasteiger partial charge is 0.235 e. The number of amides is 1. The van der Waals surface area contributed by atoms with Crippen LogP contribution in [0.2, 0.25) is 0 Å². The third kappa shape index (κ3) is 2.58. The van der Waals surface area contributed by atoms with Gasteiger partial charge in [0.05, 0.1) is 4.99 Å². The Hall–Kier alpha value is -0.720. The lowest BCUT2D eigenvalue weighted by Crippen LogP contribution is -2.54. The van der Waals surface area contributed by atoms with Crippen molar-refractivity contribution in [3.8, 4) is 0 Å². The van der Waals surface area contributed by atoms with Crippen LogP contribution in [0.3, 0.4) is 0 Å². The van der Waals surface area contributed by atoms with Crippen LogP contribution in [-0.2, 0) is 9.53 Å². The summed E-state index contributed by atoms with van der Waals surface area (Å²) >= 11 is 5.26. The van der Waals surface area contributed by atoms with Crippen LogP contribution in [0, 0.1) is 5.41 Å². The highest BCUT2D eigenvalue weighted by molar-refractivity contribution is 7.80. The molecule has 3 fully saturated rings. The van der Waals surface area contributed by atoms with E-state index in [0.29, 0.717) is 43.1 Å². The fourth-order valence-electron chi connectivity index (χ4n) is 4.08. The maximum Gasteiger partial charge on any atom is 0.235 e. The Morgan fingerprint density at radius 3 is 2.57 bits per heavy atom. The molecular weight excluding hydrogens is 286 g/mol. The van der Waals surface area contributed by atoms with E-state index in [-0.39, 0.29) is 5.91 Å². The van der Waals surface area contributed by atoms with Gasteiger partial charge in [0, 0.05) is 38.4 Å². The van der Waals surface area contributed by atoms with Crippen molar-refractivity contribution in [1.82, 2.24) is 9.80 Å². The summed E-state index contributed by atoms with van der Waals surface area (Å²) in [7, 11) is 2.19. The van der Waals surface area contributed by atoms with Crippen molar-refractivity contribution < 1.29 is 9.53 Å². The Kier molecular flexibility index (Phi) is 4.21. The van der Waals surface area contributed by atoms with Gasteiger partial charge >= 0.3 is 0 Å². The summed E-state index contributed by atoms with van der Waals surface area (Å²) in [6.45, 7) is 2.79. The zero-order chi connectivity index (χ0) is 15.0. The second-order valence-corrected chi connectivity index (χ2v) is 7.09. The number of thiocarbonyl (C=S) groups is 1. The summed E-state index contributed by atoms with van der Waals surface area (Å²) in [5.41, 5.74) is 5.30. The Labute approximate surface area is 131 Å². The Balaban J connectivity index is 1.78. The molecule has 21 heavy (non-hydrogen) atoms. The van der Waals surface area contributed by atoms with Crippen molar-refractivity contribution in [2.24, 2.45) is 11.1 Å². The molecule has 118 valence electrons. The molecule has 0 aromatic carbocycles. The van der Waals surface area contributed by atoms with Gasteiger partial charge in [-0.2, -0.15) is 0 Å². The minimum atomic E-state index is -0.671. The van der Waals surface area contributed by atoms with Crippen LogP contribution < -0.4 is 5.73 Å². The standard InChI is InChI=1S/C15H25N3O2S/c1-17-11-2-3-12(17)10-18(7-4-11)14(19)15(13(16)21)5-8-20-9-6-15/h11-12H,2-10H2,1H3,(H2,16,21). The molecular formula is C15H25N3O2S. The summed E-state index contributed by atoms with van der Waals surface area (Å²) in [5.74, 6) is 0.138. The summed E-state index contributed by atoms with van der Waals surface area (Å²) in [4.78, 5) is 18.0. The van der Waals surface area contributed by atoms with Crippen LogP contribution in [0.25, 0.3) is 0 Å². The van der Waals surface area contributed by atoms with Gasteiger partial charge in [-0.3, -0.25) is 9.69 Å². The molecule has 0 aromatic heterocycles. The number of carbonyl (C=O) groups excluding carboxylic acids is 1. The molecule has 6 heteroatoms. The van der Waals surface area contributed by atoms with E-state index in [9.17, 15) is 4.79 Å². The van der Waals surface area contributed by atoms with Gasteiger partial charge in [0.2, 0.25) is 5.91 Å². The Bertz CT molecular complexity index is 437. The zero-order valence-electron chi connectivity index (χ0n) is 12.7. The SMILES string of the molecule is CN1C2CCC1CN(C(=O)C1(C(N)=S)CCOCC1)CC2. The second-order valence-electron chi connectivity index (χ2n) is 6.65. The summed E-state index contributed by atoms with van der Waals surface area (Å²) < 4.78 is 5.41. The minimum absolute atomic E-state index is 0.138. The molecule has 2 bridgehead atoms. The first-order valence-corrected chi connectivity index (χ1v) is 8.34. The van der Waals surface area contributed by atoms with Crippen molar-refractivity contribution in [2.75, 3.05) is 33.4 Å². The fraction of sp³-hybridized carbons (Fsp3) is 0.867. The van der Waals surface area contributed by atoms with E-state index < -0.39 is 5.41 Å². The van der Waals surface area contributed by atoms with E-state index in [1.165, 1.54) is 12.8 Å². The summed E-state index contributed by atoms with van der Waals surface area (Å²) in [6.07, 6.45) is 4.76. The van der Waals surface area contributed by atoms with Crippen LogP contribution in [0.4, 0.5) is 0 Å². The van der Waals surface area contributed by atoms with Crippen LogP contribution in [0.5, 0.6) is 0 Å². The van der Waals surface area contributed by atoms with E-state index in [0.717, 1.165) is 19.5 Å². The van der Waals surface area contributed by atoms with E-state index >= 15 is 0 Å². The molecule has 5 nitrogen and oxygen atoms in total.